The lowest BCUT2D eigenvalue weighted by atomic mass is 10.3. The molecule has 7 heteroatoms. The molecule has 1 heterocycles. The molecule has 0 saturated heterocycles. The summed E-state index contributed by atoms with van der Waals surface area (Å²) >= 11 is 1.71. The van der Waals surface area contributed by atoms with Gasteiger partial charge in [0.15, 0.2) is 5.03 Å². The molecule has 1 saturated carbocycles. The van der Waals surface area contributed by atoms with Gasteiger partial charge in [0.25, 0.3) is 10.0 Å². The normalized spacial score (nSPS) is 15.4. The molecule has 0 unspecified atom stereocenters. The minimum atomic E-state index is -3.47. The van der Waals surface area contributed by atoms with Crippen molar-refractivity contribution in [1.82, 2.24) is 15.0 Å². The molecule has 2 N–H and O–H groups in total. The molecule has 0 aliphatic heterocycles. The van der Waals surface area contributed by atoms with Crippen LogP contribution in [-0.4, -0.2) is 38.0 Å². The van der Waals surface area contributed by atoms with Gasteiger partial charge in [-0.2, -0.15) is 11.8 Å². The minimum absolute atomic E-state index is 0.0943. The highest BCUT2D eigenvalue weighted by Gasteiger charge is 2.20. The van der Waals surface area contributed by atoms with Gasteiger partial charge in [-0.25, -0.2) is 18.1 Å². The van der Waals surface area contributed by atoms with E-state index in [9.17, 15) is 8.42 Å². The zero-order valence-electron chi connectivity index (χ0n) is 11.6. The van der Waals surface area contributed by atoms with Crippen molar-refractivity contribution in [2.45, 2.75) is 36.9 Å². The van der Waals surface area contributed by atoms with Crippen LogP contribution >= 0.6 is 11.8 Å². The molecule has 1 aliphatic carbocycles. The third-order valence-corrected chi connectivity index (χ3v) is 5.14. The van der Waals surface area contributed by atoms with Crippen molar-refractivity contribution in [3.05, 3.63) is 23.9 Å². The molecule has 112 valence electrons. The van der Waals surface area contributed by atoms with E-state index in [0.717, 1.165) is 24.3 Å². The quantitative estimate of drug-likeness (QED) is 0.673. The second kappa shape index (κ2) is 7.40. The van der Waals surface area contributed by atoms with Crippen LogP contribution < -0.4 is 10.0 Å². The molecule has 1 aromatic heterocycles. The van der Waals surface area contributed by atoms with E-state index in [1.165, 1.54) is 12.8 Å². The van der Waals surface area contributed by atoms with Crippen LogP contribution in [0.4, 0.5) is 0 Å². The Balaban J connectivity index is 1.86. The minimum Gasteiger partial charge on any atom is -0.310 e. The lowest BCUT2D eigenvalue weighted by Gasteiger charge is -2.07. The van der Waals surface area contributed by atoms with E-state index in [2.05, 4.69) is 15.0 Å². The summed E-state index contributed by atoms with van der Waals surface area (Å²) in [5.74, 6) is 0.946. The molecule has 0 atom stereocenters. The van der Waals surface area contributed by atoms with Gasteiger partial charge < -0.3 is 5.32 Å². The van der Waals surface area contributed by atoms with Crippen LogP contribution in [-0.2, 0) is 16.6 Å². The first-order valence-electron chi connectivity index (χ1n) is 6.79. The summed E-state index contributed by atoms with van der Waals surface area (Å²) < 4.78 is 26.5. The van der Waals surface area contributed by atoms with Crippen molar-refractivity contribution in [3.8, 4) is 0 Å². The fourth-order valence-electron chi connectivity index (χ4n) is 1.72. The van der Waals surface area contributed by atoms with Gasteiger partial charge in [0.1, 0.15) is 0 Å². The second-order valence-corrected chi connectivity index (χ2v) is 7.60. The number of rotatable bonds is 9. The molecule has 1 fully saturated rings. The number of nitrogens with zero attached hydrogens (tertiary/aromatic N) is 1. The van der Waals surface area contributed by atoms with Gasteiger partial charge in [-0.3, -0.25) is 0 Å². The maximum absolute atomic E-state index is 12.0. The number of sulfonamides is 1. The van der Waals surface area contributed by atoms with Crippen LogP contribution in [0.1, 0.15) is 24.8 Å². The molecule has 1 aromatic rings. The highest BCUT2D eigenvalue weighted by atomic mass is 32.2. The Labute approximate surface area is 125 Å². The third kappa shape index (κ3) is 5.05. The zero-order valence-corrected chi connectivity index (χ0v) is 13.3. The highest BCUT2D eigenvalue weighted by Crippen LogP contribution is 2.19. The number of aromatic nitrogens is 1. The summed E-state index contributed by atoms with van der Waals surface area (Å²) in [5.41, 5.74) is 1.01. The number of hydrogen-bond acceptors (Lipinski definition) is 5. The molecule has 0 aromatic carbocycles. The van der Waals surface area contributed by atoms with E-state index in [1.807, 2.05) is 12.3 Å². The standard InChI is InChI=1S/C13H21N3O2S2/c1-19-8-2-7-16-20(17,18)13-6-3-11(10-15-13)9-14-12-4-5-12/h3,6,10,12,14,16H,2,4-5,7-9H2,1H3. The van der Waals surface area contributed by atoms with Crippen LogP contribution in [0, 0.1) is 0 Å². The van der Waals surface area contributed by atoms with Gasteiger partial charge >= 0.3 is 0 Å². The summed E-state index contributed by atoms with van der Waals surface area (Å²) in [4.78, 5) is 4.05. The van der Waals surface area contributed by atoms with Gasteiger partial charge in [-0.1, -0.05) is 6.07 Å². The smallest absolute Gasteiger partial charge is 0.258 e. The van der Waals surface area contributed by atoms with Crippen molar-refractivity contribution in [2.75, 3.05) is 18.6 Å². The van der Waals surface area contributed by atoms with Gasteiger partial charge in [-0.15, -0.1) is 0 Å². The lowest BCUT2D eigenvalue weighted by Crippen LogP contribution is -2.26. The molecule has 0 spiro atoms. The summed E-state index contributed by atoms with van der Waals surface area (Å²) in [5, 5.41) is 3.47. The Morgan fingerprint density at radius 2 is 2.20 bits per heavy atom. The van der Waals surface area contributed by atoms with Gasteiger partial charge in [0, 0.05) is 25.3 Å². The Bertz CT molecular complexity index is 513. The topological polar surface area (TPSA) is 71.1 Å². The van der Waals surface area contributed by atoms with E-state index in [0.29, 0.717) is 12.6 Å². The van der Waals surface area contributed by atoms with E-state index >= 15 is 0 Å². The summed E-state index contributed by atoms with van der Waals surface area (Å²) in [6.45, 7) is 1.20. The highest BCUT2D eigenvalue weighted by molar-refractivity contribution is 7.98. The molecule has 1 aliphatic rings. The van der Waals surface area contributed by atoms with Gasteiger partial charge in [0.05, 0.1) is 0 Å². The Morgan fingerprint density at radius 3 is 2.80 bits per heavy atom. The van der Waals surface area contributed by atoms with Crippen LogP contribution in [0.5, 0.6) is 0 Å². The average Bonchev–Trinajstić information content (AvgIpc) is 3.26. The largest absolute Gasteiger partial charge is 0.310 e. The fourth-order valence-corrected chi connectivity index (χ4v) is 3.15. The van der Waals surface area contributed by atoms with Crippen molar-refractivity contribution in [1.29, 1.82) is 0 Å². The Kier molecular flexibility index (Phi) is 5.83. The summed E-state index contributed by atoms with van der Waals surface area (Å²) in [6.07, 6.45) is 6.93. The molecular weight excluding hydrogens is 294 g/mol. The molecule has 2 rings (SSSR count). The summed E-state index contributed by atoms with van der Waals surface area (Å²) in [7, 11) is -3.47. The predicted octanol–water partition coefficient (Wildman–Crippen LogP) is 1.36. The van der Waals surface area contributed by atoms with Crippen LogP contribution in [0.15, 0.2) is 23.4 Å². The maximum atomic E-state index is 12.0. The fraction of sp³-hybridized carbons (Fsp3) is 0.615. The molecular formula is C13H21N3O2S2. The van der Waals surface area contributed by atoms with Crippen molar-refractivity contribution in [2.24, 2.45) is 0 Å². The Hall–Kier alpha value is -0.630. The van der Waals surface area contributed by atoms with Gasteiger partial charge in [0.2, 0.25) is 0 Å². The van der Waals surface area contributed by atoms with Crippen LogP contribution in [0.3, 0.4) is 0 Å². The van der Waals surface area contributed by atoms with Crippen molar-refractivity contribution < 1.29 is 8.42 Å². The number of thioether (sulfide) groups is 1. The first-order chi connectivity index (χ1) is 9.62. The number of nitrogens with one attached hydrogen (secondary N) is 2. The molecule has 0 amide bonds. The maximum Gasteiger partial charge on any atom is 0.258 e. The van der Waals surface area contributed by atoms with E-state index in [1.54, 1.807) is 24.0 Å². The van der Waals surface area contributed by atoms with Crippen LogP contribution in [0.25, 0.3) is 0 Å². The molecule has 0 radical (unpaired) electrons. The first kappa shape index (κ1) is 15.8. The lowest BCUT2D eigenvalue weighted by molar-refractivity contribution is 0.577. The molecule has 5 nitrogen and oxygen atoms in total. The monoisotopic (exact) mass is 315 g/mol. The zero-order chi connectivity index (χ0) is 14.4. The SMILES string of the molecule is CSCCCNS(=O)(=O)c1ccc(CNC2CC2)cn1. The average molecular weight is 315 g/mol. The predicted molar refractivity (Wildman–Crippen MR) is 82.3 cm³/mol. The summed E-state index contributed by atoms with van der Waals surface area (Å²) in [6, 6.07) is 4.02. The molecule has 20 heavy (non-hydrogen) atoms. The number of pyridine rings is 1. The van der Waals surface area contributed by atoms with E-state index in [-0.39, 0.29) is 5.03 Å². The van der Waals surface area contributed by atoms with E-state index in [4.69, 9.17) is 0 Å². The van der Waals surface area contributed by atoms with Crippen molar-refractivity contribution in [3.63, 3.8) is 0 Å². The van der Waals surface area contributed by atoms with Gasteiger partial charge in [-0.05, 0) is 42.9 Å². The van der Waals surface area contributed by atoms with Crippen LogP contribution in [0.2, 0.25) is 0 Å². The molecule has 0 bridgehead atoms. The third-order valence-electron chi connectivity index (χ3n) is 3.06. The van der Waals surface area contributed by atoms with Crippen molar-refractivity contribution >= 4 is 21.8 Å². The number of hydrogen-bond donors (Lipinski definition) is 2. The first-order valence-corrected chi connectivity index (χ1v) is 9.66. The van der Waals surface area contributed by atoms with E-state index < -0.39 is 10.0 Å². The Morgan fingerprint density at radius 1 is 1.40 bits per heavy atom. The second-order valence-electron chi connectivity index (χ2n) is 4.90.